The summed E-state index contributed by atoms with van der Waals surface area (Å²) in [5.74, 6) is -2.07. The zero-order chi connectivity index (χ0) is 31.1. The predicted octanol–water partition coefficient (Wildman–Crippen LogP) is 4.87. The van der Waals surface area contributed by atoms with E-state index in [1.165, 1.54) is 12.4 Å². The van der Waals surface area contributed by atoms with E-state index in [9.17, 15) is 10.1 Å². The number of nitrogens with zero attached hydrogens (tertiary/aromatic N) is 8. The van der Waals surface area contributed by atoms with Gasteiger partial charge in [0.2, 0.25) is 0 Å². The van der Waals surface area contributed by atoms with Crippen molar-refractivity contribution in [2.75, 3.05) is 26.2 Å². The van der Waals surface area contributed by atoms with Gasteiger partial charge in [0.15, 0.2) is 0 Å². The Balaban J connectivity index is 1.01. The quantitative estimate of drug-likeness (QED) is 0.293. The molecule has 45 heavy (non-hydrogen) atoms. The van der Waals surface area contributed by atoms with Gasteiger partial charge in [-0.25, -0.2) is 18.7 Å². The van der Waals surface area contributed by atoms with Crippen LogP contribution in [0.2, 0.25) is 0 Å². The van der Waals surface area contributed by atoms with E-state index >= 15 is 8.78 Å². The molecule has 1 amide bonds. The topological polar surface area (TPSA) is 131 Å². The summed E-state index contributed by atoms with van der Waals surface area (Å²) in [6.07, 6.45) is 8.67. The lowest BCUT2D eigenvalue weighted by Crippen LogP contribution is -2.66. The molecule has 0 aliphatic carbocycles. The van der Waals surface area contributed by atoms with Crippen LogP contribution in [0.25, 0.3) is 33.4 Å². The molecule has 0 radical (unpaired) electrons. The molecule has 2 aliphatic rings. The fourth-order valence-corrected chi connectivity index (χ4v) is 6.55. The highest BCUT2D eigenvalue weighted by atomic mass is 19.1. The van der Waals surface area contributed by atoms with E-state index in [1.54, 1.807) is 29.3 Å². The molecule has 0 unspecified atom stereocenters. The van der Waals surface area contributed by atoms with Gasteiger partial charge in [-0.15, -0.1) is 0 Å². The summed E-state index contributed by atoms with van der Waals surface area (Å²) in [7, 11) is 0. The highest BCUT2D eigenvalue weighted by Gasteiger charge is 2.48. The summed E-state index contributed by atoms with van der Waals surface area (Å²) >= 11 is 0. The monoisotopic (exact) mass is 603 g/mol. The summed E-state index contributed by atoms with van der Waals surface area (Å²) < 4.78 is 32.1. The van der Waals surface area contributed by atoms with Gasteiger partial charge in [0.1, 0.15) is 29.1 Å². The molecular formula is C33H27F2N9O. The first-order valence-electron chi connectivity index (χ1n) is 14.6. The normalized spacial score (nSPS) is 16.7. The molecule has 5 heterocycles. The Kier molecular flexibility index (Phi) is 7.07. The number of carbonyl (C=O) groups is 1. The van der Waals surface area contributed by atoms with Gasteiger partial charge in [-0.1, -0.05) is 12.1 Å². The van der Waals surface area contributed by atoms with Gasteiger partial charge in [0.05, 0.1) is 41.6 Å². The van der Waals surface area contributed by atoms with Crippen LogP contribution in [0.3, 0.4) is 0 Å². The Morgan fingerprint density at radius 1 is 1.04 bits per heavy atom. The Morgan fingerprint density at radius 2 is 1.87 bits per heavy atom. The van der Waals surface area contributed by atoms with Gasteiger partial charge >= 0.3 is 0 Å². The van der Waals surface area contributed by atoms with E-state index in [2.05, 4.69) is 31.0 Å². The van der Waals surface area contributed by atoms with Crippen molar-refractivity contribution < 1.29 is 13.6 Å². The lowest BCUT2D eigenvalue weighted by Gasteiger charge is -2.53. The average molecular weight is 604 g/mol. The summed E-state index contributed by atoms with van der Waals surface area (Å²) in [5.41, 5.74) is 2.27. The van der Waals surface area contributed by atoms with Gasteiger partial charge in [0.25, 0.3) is 5.91 Å². The van der Waals surface area contributed by atoms with E-state index in [0.29, 0.717) is 56.6 Å². The molecule has 7 rings (SSSR count). The number of carbonyl (C=O) groups excluding carboxylic acids is 1. The highest BCUT2D eigenvalue weighted by Crippen LogP contribution is 2.37. The first-order valence-corrected chi connectivity index (χ1v) is 14.6. The molecule has 0 spiro atoms. The minimum Gasteiger partial charge on any atom is -0.346 e. The molecule has 5 aromatic rings. The van der Waals surface area contributed by atoms with E-state index < -0.39 is 23.1 Å². The third-order valence-electron chi connectivity index (χ3n) is 8.96. The van der Waals surface area contributed by atoms with Crippen LogP contribution >= 0.6 is 0 Å². The van der Waals surface area contributed by atoms with Crippen LogP contribution in [-0.2, 0) is 5.54 Å². The molecule has 0 bridgehead atoms. The molecule has 2 saturated heterocycles. The van der Waals surface area contributed by atoms with Crippen molar-refractivity contribution in [2.24, 2.45) is 0 Å². The van der Waals surface area contributed by atoms with E-state index in [-0.39, 0.29) is 17.2 Å². The van der Waals surface area contributed by atoms with Gasteiger partial charge < -0.3 is 9.88 Å². The molecule has 12 heteroatoms. The number of nitrogens with one attached hydrogen (secondary N) is 1. The Morgan fingerprint density at radius 3 is 2.64 bits per heavy atom. The van der Waals surface area contributed by atoms with Crippen molar-refractivity contribution in [2.45, 2.75) is 30.8 Å². The number of likely N-dealkylation sites (tertiary alicyclic amines) is 2. The number of aromatic nitrogens is 5. The van der Waals surface area contributed by atoms with Crippen LogP contribution in [0.4, 0.5) is 8.78 Å². The summed E-state index contributed by atoms with van der Waals surface area (Å²) in [4.78, 5) is 28.9. The second-order valence-corrected chi connectivity index (χ2v) is 11.6. The van der Waals surface area contributed by atoms with Gasteiger partial charge in [-0.2, -0.15) is 15.6 Å². The van der Waals surface area contributed by atoms with Crippen molar-refractivity contribution >= 4 is 16.9 Å². The zero-order valence-electron chi connectivity index (χ0n) is 24.1. The van der Waals surface area contributed by atoms with E-state index in [1.807, 2.05) is 29.2 Å². The van der Waals surface area contributed by atoms with Crippen molar-refractivity contribution in [3.63, 3.8) is 0 Å². The molecule has 2 aliphatic heterocycles. The predicted molar refractivity (Wildman–Crippen MR) is 160 cm³/mol. The minimum atomic E-state index is -0.803. The van der Waals surface area contributed by atoms with Crippen LogP contribution in [0.1, 0.15) is 35.2 Å². The molecule has 2 fully saturated rings. The third kappa shape index (κ3) is 4.99. The van der Waals surface area contributed by atoms with Crippen LogP contribution in [-0.4, -0.2) is 72.7 Å². The fourth-order valence-electron chi connectivity index (χ4n) is 6.55. The number of hydrogen-bond acceptors (Lipinski definition) is 7. The summed E-state index contributed by atoms with van der Waals surface area (Å²) in [5, 5.41) is 24.3. The fraction of sp³-hybridized carbons (Fsp3) is 0.273. The Hall–Kier alpha value is -5.46. The second kappa shape index (κ2) is 11.2. The lowest BCUT2D eigenvalue weighted by atomic mass is 9.83. The van der Waals surface area contributed by atoms with Crippen LogP contribution in [0.5, 0.6) is 0 Å². The van der Waals surface area contributed by atoms with Crippen molar-refractivity contribution in [3.8, 4) is 34.5 Å². The molecule has 1 N–H and O–H groups in total. The number of aromatic amines is 1. The maximum absolute atomic E-state index is 15.1. The number of rotatable bonds is 6. The number of benzene rings is 2. The SMILES string of the molecule is N#CCC1(n2cc(-c3ncnc4[nH]ccc34)cn2)CN(C2CCN(C(=O)c3cc(F)c(-c4cccc(C#N)c4)cc3F)CC2)C1. The summed E-state index contributed by atoms with van der Waals surface area (Å²) in [6, 6.07) is 14.7. The number of H-pyrrole nitrogens is 1. The van der Waals surface area contributed by atoms with Crippen LogP contribution < -0.4 is 0 Å². The Labute approximate surface area is 257 Å². The van der Waals surface area contributed by atoms with E-state index in [0.717, 1.165) is 34.4 Å². The van der Waals surface area contributed by atoms with Gasteiger partial charge in [-0.05, 0) is 48.7 Å². The third-order valence-corrected chi connectivity index (χ3v) is 8.96. The number of fused-ring (bicyclic) bond motifs is 1. The maximum Gasteiger partial charge on any atom is 0.256 e. The second-order valence-electron chi connectivity index (χ2n) is 11.6. The smallest absolute Gasteiger partial charge is 0.256 e. The average Bonchev–Trinajstić information content (AvgIpc) is 3.74. The molecule has 2 aromatic carbocycles. The van der Waals surface area contributed by atoms with Gasteiger partial charge in [-0.3, -0.25) is 14.4 Å². The number of hydrogen-bond donors (Lipinski definition) is 1. The van der Waals surface area contributed by atoms with Crippen LogP contribution in [0.15, 0.2) is 67.4 Å². The summed E-state index contributed by atoms with van der Waals surface area (Å²) in [6.45, 7) is 2.09. The molecule has 0 saturated carbocycles. The number of halogens is 2. The number of piperidine rings is 1. The Bertz CT molecular complexity index is 2010. The molecule has 0 atom stereocenters. The minimum absolute atomic E-state index is 0.00223. The molecule has 10 nitrogen and oxygen atoms in total. The zero-order valence-corrected chi connectivity index (χ0v) is 24.1. The number of amides is 1. The maximum atomic E-state index is 15.1. The van der Waals surface area contributed by atoms with Gasteiger partial charge in [0, 0.05) is 61.1 Å². The first-order chi connectivity index (χ1) is 21.9. The van der Waals surface area contributed by atoms with Crippen molar-refractivity contribution in [3.05, 3.63) is 90.1 Å². The standard InChI is InChI=1S/C33H27F2N9O/c34-28-14-27(29(35)13-26(28)22-3-1-2-21(12-22)15-37)32(45)42-10-5-24(6-11-42)43-18-33(19-43,7-8-36)44-17-23(16-41-44)30-25-4-9-38-31(25)40-20-39-30/h1-4,9,12-14,16-17,20,24H,5-7,10-11,18-19H2,(H,38,39,40). The molecular weight excluding hydrogens is 576 g/mol. The van der Waals surface area contributed by atoms with Crippen LogP contribution in [0, 0.1) is 34.3 Å². The highest BCUT2D eigenvalue weighted by molar-refractivity contribution is 5.95. The largest absolute Gasteiger partial charge is 0.346 e. The molecule has 3 aromatic heterocycles. The first kappa shape index (κ1) is 28.3. The number of nitriles is 2. The van der Waals surface area contributed by atoms with Crippen molar-refractivity contribution in [1.29, 1.82) is 10.5 Å². The van der Waals surface area contributed by atoms with E-state index in [4.69, 9.17) is 5.26 Å². The lowest BCUT2D eigenvalue weighted by molar-refractivity contribution is -0.0412. The molecule has 224 valence electrons. The van der Waals surface area contributed by atoms with Crippen molar-refractivity contribution in [1.82, 2.24) is 34.5 Å².